The van der Waals surface area contributed by atoms with E-state index in [1.54, 1.807) is 0 Å². The largest absolute Gasteiger partial charge is 0.352 e. The number of carbonyl (C=O) groups excluding carboxylic acids is 1. The number of unbranched alkanes of at least 4 members (excludes halogenated alkanes) is 4. The summed E-state index contributed by atoms with van der Waals surface area (Å²) < 4.78 is 0. The van der Waals surface area contributed by atoms with Crippen LogP contribution >= 0.6 is 0 Å². The van der Waals surface area contributed by atoms with E-state index in [9.17, 15) is 14.9 Å². The van der Waals surface area contributed by atoms with E-state index in [1.165, 1.54) is 12.1 Å². The highest BCUT2D eigenvalue weighted by Gasteiger charge is 2.20. The first-order valence-electron chi connectivity index (χ1n) is 7.42. The number of azide groups is 1. The smallest absolute Gasteiger partial charge is 0.282 e. The van der Waals surface area contributed by atoms with Gasteiger partial charge in [0.05, 0.1) is 4.92 Å². The molecule has 0 spiro atoms. The molecule has 0 saturated carbocycles. The Balaban J connectivity index is 2.58. The van der Waals surface area contributed by atoms with Gasteiger partial charge < -0.3 is 11.1 Å². The first-order chi connectivity index (χ1) is 11.1. The van der Waals surface area contributed by atoms with Gasteiger partial charge in [0.25, 0.3) is 11.6 Å². The number of amides is 1. The molecule has 0 fully saturated rings. The molecular formula is C14H20N6O3. The van der Waals surface area contributed by atoms with Crippen molar-refractivity contribution in [1.82, 2.24) is 5.32 Å². The molecule has 0 atom stereocenters. The number of nitrogens with one attached hydrogen (secondary N) is 1. The summed E-state index contributed by atoms with van der Waals surface area (Å²) in [7, 11) is 0. The number of hydrogen-bond donors (Lipinski definition) is 2. The second-order valence-corrected chi connectivity index (χ2v) is 4.96. The molecule has 23 heavy (non-hydrogen) atoms. The summed E-state index contributed by atoms with van der Waals surface area (Å²) >= 11 is 0. The number of nitrogens with two attached hydrogens (primary N) is 1. The van der Waals surface area contributed by atoms with Gasteiger partial charge in [0.1, 0.15) is 5.56 Å². The Morgan fingerprint density at radius 2 is 2.00 bits per heavy atom. The zero-order chi connectivity index (χ0) is 17.1. The number of rotatable bonds is 10. The predicted molar refractivity (Wildman–Crippen MR) is 86.4 cm³/mol. The van der Waals surface area contributed by atoms with E-state index in [4.69, 9.17) is 11.3 Å². The third kappa shape index (κ3) is 6.33. The van der Waals surface area contributed by atoms with Crippen molar-refractivity contribution < 1.29 is 9.72 Å². The van der Waals surface area contributed by atoms with E-state index in [2.05, 4.69) is 15.3 Å². The highest BCUT2D eigenvalue weighted by Crippen LogP contribution is 2.25. The topological polar surface area (TPSA) is 147 Å². The van der Waals surface area contributed by atoms with E-state index >= 15 is 0 Å². The van der Waals surface area contributed by atoms with Gasteiger partial charge in [-0.05, 0) is 31.0 Å². The van der Waals surface area contributed by atoms with Crippen molar-refractivity contribution >= 4 is 17.3 Å². The summed E-state index contributed by atoms with van der Waals surface area (Å²) in [6.07, 6.45) is 4.89. The van der Waals surface area contributed by atoms with Crippen molar-refractivity contribution in [3.05, 3.63) is 44.3 Å². The first-order valence-corrected chi connectivity index (χ1v) is 7.42. The van der Waals surface area contributed by atoms with Gasteiger partial charge in [-0.3, -0.25) is 14.9 Å². The highest BCUT2D eigenvalue weighted by molar-refractivity contribution is 5.98. The molecule has 0 radical (unpaired) electrons. The lowest BCUT2D eigenvalue weighted by Crippen LogP contribution is -2.25. The predicted octanol–water partition coefficient (Wildman–Crippen LogP) is 3.18. The van der Waals surface area contributed by atoms with Gasteiger partial charge in [0.15, 0.2) is 0 Å². The van der Waals surface area contributed by atoms with E-state index in [0.29, 0.717) is 13.1 Å². The lowest BCUT2D eigenvalue weighted by molar-refractivity contribution is -0.385. The first kappa shape index (κ1) is 18.4. The van der Waals surface area contributed by atoms with Crippen LogP contribution in [-0.4, -0.2) is 23.9 Å². The summed E-state index contributed by atoms with van der Waals surface area (Å²) in [5.41, 5.74) is 13.4. The second kappa shape index (κ2) is 10.1. The lowest BCUT2D eigenvalue weighted by atomic mass is 10.1. The molecule has 1 amide bonds. The van der Waals surface area contributed by atoms with Crippen molar-refractivity contribution in [3.8, 4) is 0 Å². The Labute approximate surface area is 133 Å². The van der Waals surface area contributed by atoms with Crippen LogP contribution in [-0.2, 0) is 0 Å². The third-order valence-electron chi connectivity index (χ3n) is 3.25. The standard InChI is InChI=1S/C14H20N6O3/c15-8-4-2-1-3-5-9-17-14(21)12-7-6-11(18-19-16)10-13(12)20(22)23/h6-7,10H,1-5,8-9,15H2,(H,17,21). The lowest BCUT2D eigenvalue weighted by Gasteiger charge is -2.06. The minimum atomic E-state index is -0.669. The SMILES string of the molecule is [N-]=[N+]=Nc1ccc(C(=O)NCCCCCCCN)c([N+](=O)[O-])c1. The van der Waals surface area contributed by atoms with Gasteiger partial charge >= 0.3 is 0 Å². The normalized spacial score (nSPS) is 9.96. The van der Waals surface area contributed by atoms with Crippen molar-refractivity contribution in [1.29, 1.82) is 0 Å². The maximum atomic E-state index is 12.0. The number of carbonyl (C=O) groups is 1. The van der Waals surface area contributed by atoms with E-state index in [0.717, 1.165) is 38.2 Å². The van der Waals surface area contributed by atoms with Gasteiger partial charge in [-0.2, -0.15) is 0 Å². The number of nitro benzene ring substituents is 1. The van der Waals surface area contributed by atoms with Gasteiger partial charge in [-0.15, -0.1) is 0 Å². The molecule has 1 aromatic rings. The van der Waals surface area contributed by atoms with Crippen LogP contribution < -0.4 is 11.1 Å². The van der Waals surface area contributed by atoms with E-state index in [1.807, 2.05) is 0 Å². The Kier molecular flexibility index (Phi) is 8.12. The van der Waals surface area contributed by atoms with Gasteiger partial charge in [0, 0.05) is 23.2 Å². The average Bonchev–Trinajstić information content (AvgIpc) is 2.54. The van der Waals surface area contributed by atoms with Crippen LogP contribution in [0.1, 0.15) is 42.5 Å². The maximum Gasteiger partial charge on any atom is 0.282 e. The Morgan fingerprint density at radius 3 is 2.65 bits per heavy atom. The summed E-state index contributed by atoms with van der Waals surface area (Å²) in [4.78, 5) is 25.0. The molecule has 1 aromatic carbocycles. The Hall–Kier alpha value is -2.64. The van der Waals surface area contributed by atoms with Gasteiger partial charge in [0.2, 0.25) is 0 Å². The monoisotopic (exact) mass is 320 g/mol. The van der Waals surface area contributed by atoms with E-state index < -0.39 is 10.8 Å². The molecule has 0 aliphatic heterocycles. The van der Waals surface area contributed by atoms with Gasteiger partial charge in [-0.1, -0.05) is 30.4 Å². The quantitative estimate of drug-likeness (QED) is 0.170. The fraction of sp³-hybridized carbons (Fsp3) is 0.500. The van der Waals surface area contributed by atoms with E-state index in [-0.39, 0.29) is 16.9 Å². The third-order valence-corrected chi connectivity index (χ3v) is 3.25. The van der Waals surface area contributed by atoms with Crippen molar-refractivity contribution in [2.24, 2.45) is 10.8 Å². The minimum Gasteiger partial charge on any atom is -0.352 e. The molecule has 0 bridgehead atoms. The maximum absolute atomic E-state index is 12.0. The molecule has 0 aliphatic rings. The van der Waals surface area contributed by atoms with Crippen LogP contribution in [0.5, 0.6) is 0 Å². The average molecular weight is 320 g/mol. The van der Waals surface area contributed by atoms with Crippen molar-refractivity contribution in [2.45, 2.75) is 32.1 Å². The van der Waals surface area contributed by atoms with Gasteiger partial charge in [-0.25, -0.2) is 0 Å². The van der Waals surface area contributed by atoms with Crippen molar-refractivity contribution in [2.75, 3.05) is 13.1 Å². The summed E-state index contributed by atoms with van der Waals surface area (Å²) in [6, 6.07) is 3.74. The number of benzene rings is 1. The van der Waals surface area contributed by atoms with Crippen LogP contribution in [0.4, 0.5) is 11.4 Å². The zero-order valence-corrected chi connectivity index (χ0v) is 12.8. The molecule has 0 aliphatic carbocycles. The highest BCUT2D eigenvalue weighted by atomic mass is 16.6. The van der Waals surface area contributed by atoms with Crippen LogP contribution in [0.25, 0.3) is 10.4 Å². The minimum absolute atomic E-state index is 0.0463. The van der Waals surface area contributed by atoms with Crippen LogP contribution in [0.2, 0.25) is 0 Å². The fourth-order valence-electron chi connectivity index (χ4n) is 2.07. The summed E-state index contributed by atoms with van der Waals surface area (Å²) in [5.74, 6) is -0.508. The molecule has 0 saturated heterocycles. The molecule has 9 nitrogen and oxygen atoms in total. The molecule has 1 rings (SSSR count). The molecule has 0 heterocycles. The molecular weight excluding hydrogens is 300 g/mol. The second-order valence-electron chi connectivity index (χ2n) is 4.96. The van der Waals surface area contributed by atoms with Crippen LogP contribution in [0.3, 0.4) is 0 Å². The van der Waals surface area contributed by atoms with Crippen molar-refractivity contribution in [3.63, 3.8) is 0 Å². The fourth-order valence-corrected chi connectivity index (χ4v) is 2.07. The number of nitro groups is 1. The molecule has 0 aromatic heterocycles. The number of nitrogens with zero attached hydrogens (tertiary/aromatic N) is 4. The van der Waals surface area contributed by atoms with Crippen LogP contribution in [0, 0.1) is 10.1 Å². The summed E-state index contributed by atoms with van der Waals surface area (Å²) in [5, 5.41) is 17.0. The number of hydrogen-bond acceptors (Lipinski definition) is 5. The Bertz CT molecular complexity index is 598. The zero-order valence-electron chi connectivity index (χ0n) is 12.8. The molecule has 3 N–H and O–H groups in total. The van der Waals surface area contributed by atoms with Crippen LogP contribution in [0.15, 0.2) is 23.3 Å². The Morgan fingerprint density at radius 1 is 1.30 bits per heavy atom. The molecule has 0 unspecified atom stereocenters. The molecule has 9 heteroatoms. The molecule has 124 valence electrons. The summed E-state index contributed by atoms with van der Waals surface area (Å²) in [6.45, 7) is 1.14.